The molecule has 0 saturated carbocycles. The molecular weight excluding hydrogens is 254 g/mol. The zero-order valence-electron chi connectivity index (χ0n) is 5.55. The molecule has 0 bridgehead atoms. The summed E-state index contributed by atoms with van der Waals surface area (Å²) in [4.78, 5) is -0.441. The molecule has 1 aromatic rings. The Kier molecular flexibility index (Phi) is 2.92. The van der Waals surface area contributed by atoms with Crippen LogP contribution in [0.5, 0.6) is 0 Å². The Morgan fingerprint density at radius 3 is 2.42 bits per heavy atom. The second-order valence-electron chi connectivity index (χ2n) is 1.95. The maximum Gasteiger partial charge on any atom is 0.189 e. The van der Waals surface area contributed by atoms with E-state index >= 15 is 0 Å². The number of halogens is 3. The van der Waals surface area contributed by atoms with Gasteiger partial charge in [0, 0.05) is 6.07 Å². The van der Waals surface area contributed by atoms with Crippen molar-refractivity contribution in [1.82, 2.24) is 0 Å². The second kappa shape index (κ2) is 3.59. The smallest absolute Gasteiger partial charge is 0.189 e. The molecule has 1 atom stereocenters. The minimum Gasteiger partial charge on any atom is -0.302 e. The van der Waals surface area contributed by atoms with Gasteiger partial charge >= 0.3 is 0 Å². The van der Waals surface area contributed by atoms with E-state index in [1.54, 1.807) is 0 Å². The largest absolute Gasteiger partial charge is 0.302 e. The topological polar surface area (TPSA) is 37.3 Å². The van der Waals surface area contributed by atoms with Gasteiger partial charge in [-0.1, -0.05) is 0 Å². The van der Waals surface area contributed by atoms with E-state index in [0.29, 0.717) is 6.07 Å². The third kappa shape index (κ3) is 1.88. The molecule has 0 saturated heterocycles. The molecule has 0 spiro atoms. The molecule has 0 heterocycles. The van der Waals surface area contributed by atoms with Gasteiger partial charge in [-0.05, 0) is 22.0 Å². The minimum absolute atomic E-state index is 0.0405. The predicted molar refractivity (Wildman–Crippen MR) is 43.1 cm³/mol. The van der Waals surface area contributed by atoms with E-state index in [1.165, 1.54) is 0 Å². The van der Waals surface area contributed by atoms with Crippen LogP contribution in [0.15, 0.2) is 21.5 Å². The molecule has 2 nitrogen and oxygen atoms in total. The van der Waals surface area contributed by atoms with Crippen LogP contribution in [0.4, 0.5) is 8.78 Å². The molecule has 6 heteroatoms. The highest BCUT2D eigenvalue weighted by Gasteiger charge is 2.11. The van der Waals surface area contributed by atoms with Crippen LogP contribution in [0, 0.1) is 11.6 Å². The van der Waals surface area contributed by atoms with Gasteiger partial charge in [0.05, 0.1) is 4.47 Å². The van der Waals surface area contributed by atoms with Crippen molar-refractivity contribution < 1.29 is 17.5 Å². The Morgan fingerprint density at radius 1 is 1.33 bits per heavy atom. The maximum absolute atomic E-state index is 12.7. The molecule has 1 N–H and O–H groups in total. The molecule has 0 aliphatic rings. The summed E-state index contributed by atoms with van der Waals surface area (Å²) in [5, 5.41) is 0. The highest BCUT2D eigenvalue weighted by Crippen LogP contribution is 2.21. The average Bonchev–Trinajstić information content (AvgIpc) is 1.96. The summed E-state index contributed by atoms with van der Waals surface area (Å²) in [5.74, 6) is -1.83. The van der Waals surface area contributed by atoms with Crippen LogP contribution >= 0.6 is 15.9 Å². The van der Waals surface area contributed by atoms with Crippen molar-refractivity contribution in [1.29, 1.82) is 0 Å². The van der Waals surface area contributed by atoms with Crippen molar-refractivity contribution in [3.8, 4) is 0 Å². The first-order chi connectivity index (χ1) is 5.52. The monoisotopic (exact) mass is 256 g/mol. The fourth-order valence-corrected chi connectivity index (χ4v) is 1.58. The van der Waals surface area contributed by atoms with Crippen molar-refractivity contribution >= 4 is 27.0 Å². The van der Waals surface area contributed by atoms with Crippen LogP contribution in [0.2, 0.25) is 0 Å². The van der Waals surface area contributed by atoms with Gasteiger partial charge in [0.2, 0.25) is 0 Å². The normalized spacial score (nSPS) is 13.0. The van der Waals surface area contributed by atoms with E-state index in [2.05, 4.69) is 15.9 Å². The molecule has 0 radical (unpaired) electrons. The van der Waals surface area contributed by atoms with Gasteiger partial charge in [-0.2, -0.15) is 0 Å². The van der Waals surface area contributed by atoms with E-state index in [4.69, 9.17) is 4.55 Å². The van der Waals surface area contributed by atoms with E-state index in [1.807, 2.05) is 0 Å². The lowest BCUT2D eigenvalue weighted by atomic mass is 10.3. The molecule has 1 unspecified atom stereocenters. The zero-order valence-corrected chi connectivity index (χ0v) is 7.95. The number of hydrogen-bond donors (Lipinski definition) is 1. The quantitative estimate of drug-likeness (QED) is 0.619. The molecule has 0 aromatic heterocycles. The van der Waals surface area contributed by atoms with E-state index in [9.17, 15) is 13.0 Å². The van der Waals surface area contributed by atoms with Crippen LogP contribution in [-0.4, -0.2) is 8.76 Å². The summed E-state index contributed by atoms with van der Waals surface area (Å²) >= 11 is 0.331. The van der Waals surface area contributed by atoms with Crippen molar-refractivity contribution in [2.45, 2.75) is 4.90 Å². The summed E-state index contributed by atoms with van der Waals surface area (Å²) in [7, 11) is 0. The summed E-state index contributed by atoms with van der Waals surface area (Å²) in [6.07, 6.45) is 0. The fraction of sp³-hybridized carbons (Fsp3) is 0. The first-order valence-electron chi connectivity index (χ1n) is 2.78. The van der Waals surface area contributed by atoms with Crippen LogP contribution in [0.25, 0.3) is 0 Å². The predicted octanol–water partition coefficient (Wildman–Crippen LogP) is 2.31. The highest BCUT2D eigenvalue weighted by molar-refractivity contribution is 9.10. The Hall–Kier alpha value is -0.330. The first kappa shape index (κ1) is 9.76. The second-order valence-corrected chi connectivity index (χ2v) is 3.74. The van der Waals surface area contributed by atoms with Gasteiger partial charge in [-0.15, -0.1) is 0 Å². The van der Waals surface area contributed by atoms with Crippen LogP contribution in [-0.2, 0) is 11.1 Å². The van der Waals surface area contributed by atoms with Crippen LogP contribution in [0.1, 0.15) is 0 Å². The maximum atomic E-state index is 12.7. The first-order valence-corrected chi connectivity index (χ1v) is 4.67. The van der Waals surface area contributed by atoms with Crippen molar-refractivity contribution in [3.05, 3.63) is 28.2 Å². The molecule has 1 aromatic carbocycles. The van der Waals surface area contributed by atoms with Crippen molar-refractivity contribution in [2.24, 2.45) is 0 Å². The molecule has 0 amide bonds. The summed E-state index contributed by atoms with van der Waals surface area (Å²) in [5.41, 5.74) is 0. The molecule has 0 aliphatic carbocycles. The third-order valence-electron chi connectivity index (χ3n) is 1.16. The standard InChI is InChI=1S/C6H3BrF2O2S/c7-3-1-6(12(10)11)5(9)2-4(3)8/h1-2H,(H,10,11). The van der Waals surface area contributed by atoms with E-state index in [0.717, 1.165) is 6.07 Å². The van der Waals surface area contributed by atoms with Crippen molar-refractivity contribution in [3.63, 3.8) is 0 Å². The summed E-state index contributed by atoms with van der Waals surface area (Å²) in [6, 6.07) is 1.48. The number of benzene rings is 1. The van der Waals surface area contributed by atoms with Crippen molar-refractivity contribution in [2.75, 3.05) is 0 Å². The zero-order chi connectivity index (χ0) is 9.30. The fourth-order valence-electron chi connectivity index (χ4n) is 0.638. The summed E-state index contributed by atoms with van der Waals surface area (Å²) in [6.45, 7) is 0. The lowest BCUT2D eigenvalue weighted by Gasteiger charge is -1.99. The minimum atomic E-state index is -2.43. The number of hydrogen-bond acceptors (Lipinski definition) is 1. The van der Waals surface area contributed by atoms with Gasteiger partial charge < -0.3 is 4.55 Å². The average molecular weight is 257 g/mol. The van der Waals surface area contributed by atoms with Gasteiger partial charge in [0.25, 0.3) is 0 Å². The molecule has 1 rings (SSSR count). The third-order valence-corrected chi connectivity index (χ3v) is 2.46. The molecule has 0 aliphatic heterocycles. The molecule has 66 valence electrons. The highest BCUT2D eigenvalue weighted by atomic mass is 79.9. The summed E-state index contributed by atoms with van der Waals surface area (Å²) < 4.78 is 44.1. The van der Waals surface area contributed by atoms with E-state index < -0.39 is 27.6 Å². The van der Waals surface area contributed by atoms with Gasteiger partial charge in [-0.3, -0.25) is 0 Å². The Bertz CT molecular complexity index is 343. The SMILES string of the molecule is O=S(O)c1cc(Br)c(F)cc1F. The molecule has 12 heavy (non-hydrogen) atoms. The Balaban J connectivity index is 3.33. The molecular formula is C6H3BrF2O2S. The van der Waals surface area contributed by atoms with Gasteiger partial charge in [0.15, 0.2) is 11.1 Å². The number of rotatable bonds is 1. The lowest BCUT2D eigenvalue weighted by Crippen LogP contribution is -1.94. The molecule has 0 fully saturated rings. The van der Waals surface area contributed by atoms with Crippen LogP contribution < -0.4 is 0 Å². The lowest BCUT2D eigenvalue weighted by molar-refractivity contribution is 0.533. The Labute approximate surface area is 78.0 Å². The van der Waals surface area contributed by atoms with Gasteiger partial charge in [0.1, 0.15) is 16.5 Å². The Morgan fingerprint density at radius 2 is 1.92 bits per heavy atom. The van der Waals surface area contributed by atoms with Gasteiger partial charge in [-0.25, -0.2) is 13.0 Å². The van der Waals surface area contributed by atoms with Crippen LogP contribution in [0.3, 0.4) is 0 Å². The van der Waals surface area contributed by atoms with E-state index in [-0.39, 0.29) is 4.47 Å².